The van der Waals surface area contributed by atoms with Gasteiger partial charge in [-0.25, -0.2) is 0 Å². The first-order valence-corrected chi connectivity index (χ1v) is 15.6. The van der Waals surface area contributed by atoms with Gasteiger partial charge in [0.15, 0.2) is 0 Å². The molecule has 2 unspecified atom stereocenters. The maximum absolute atomic E-state index is 11.8. The van der Waals surface area contributed by atoms with Gasteiger partial charge in [-0.3, -0.25) is 4.57 Å². The van der Waals surface area contributed by atoms with Crippen molar-refractivity contribution < 1.29 is 14.0 Å². The molecule has 0 aromatic carbocycles. The molecular weight excluding hydrogens is 415 g/mol. The van der Waals surface area contributed by atoms with E-state index in [0.717, 1.165) is 54.8 Å². The summed E-state index contributed by atoms with van der Waals surface area (Å²) in [6.45, 7) is 13.8. The quantitative estimate of drug-likeness (QED) is 0.305. The number of hydrogen-bond acceptors (Lipinski definition) is 2. The minimum Gasteiger partial charge on any atom is -0.324 e. The summed E-state index contributed by atoms with van der Waals surface area (Å²) in [5, 5.41) is 0. The zero-order valence-corrected chi connectivity index (χ0v) is 22.5. The molecule has 184 valence electrons. The molecule has 0 aliphatic heterocycles. The molecule has 0 radical (unpaired) electrons. The van der Waals surface area contributed by atoms with Crippen molar-refractivity contribution in [1.29, 1.82) is 0 Å². The van der Waals surface area contributed by atoms with E-state index in [0.29, 0.717) is 5.41 Å². The topological polar surface area (TPSA) is 46.5 Å². The smallest absolute Gasteiger partial charge is 0.324 e. The van der Waals surface area contributed by atoms with Crippen molar-refractivity contribution in [3.05, 3.63) is 11.6 Å². The molecule has 0 aromatic heterocycles. The second-order valence-electron chi connectivity index (χ2n) is 13.1. The molecule has 3 saturated carbocycles. The fourth-order valence-corrected chi connectivity index (χ4v) is 9.75. The molecule has 3 nitrogen and oxygen atoms in total. The van der Waals surface area contributed by atoms with Crippen molar-refractivity contribution in [2.75, 3.05) is 6.66 Å². The Hall–Kier alpha value is -0.110. The van der Waals surface area contributed by atoms with E-state index in [1.54, 1.807) is 0 Å². The second-order valence-corrected chi connectivity index (χ2v) is 14.9. The van der Waals surface area contributed by atoms with Crippen LogP contribution in [0.15, 0.2) is 11.6 Å². The van der Waals surface area contributed by atoms with Crippen LogP contribution in [0, 0.1) is 46.3 Å². The zero-order valence-electron chi connectivity index (χ0n) is 21.6. The van der Waals surface area contributed by atoms with E-state index >= 15 is 0 Å². The molecular formula is C28H49O3P. The van der Waals surface area contributed by atoms with Crippen LogP contribution in [0.1, 0.15) is 105 Å². The Morgan fingerprint density at radius 3 is 2.53 bits per heavy atom. The van der Waals surface area contributed by atoms with Gasteiger partial charge in [0.1, 0.15) is 0 Å². The van der Waals surface area contributed by atoms with Crippen molar-refractivity contribution in [1.82, 2.24) is 0 Å². The fourth-order valence-electron chi connectivity index (χ4n) is 9.02. The normalized spacial score (nSPS) is 44.2. The molecule has 1 N–H and O–H groups in total. The molecule has 0 bridgehead atoms. The summed E-state index contributed by atoms with van der Waals surface area (Å²) in [6, 6.07) is 0. The summed E-state index contributed by atoms with van der Waals surface area (Å²) in [5.41, 5.74) is 2.34. The molecule has 32 heavy (non-hydrogen) atoms. The number of rotatable bonds is 7. The lowest BCUT2D eigenvalue weighted by Crippen LogP contribution is -2.50. The van der Waals surface area contributed by atoms with Gasteiger partial charge in [-0.2, -0.15) is 0 Å². The third-order valence-corrected chi connectivity index (χ3v) is 11.3. The van der Waals surface area contributed by atoms with Crippen LogP contribution in [-0.2, 0) is 9.09 Å². The van der Waals surface area contributed by atoms with Crippen molar-refractivity contribution >= 4 is 7.60 Å². The molecule has 3 fully saturated rings. The van der Waals surface area contributed by atoms with Gasteiger partial charge in [0, 0.05) is 6.66 Å². The average molecular weight is 465 g/mol. The van der Waals surface area contributed by atoms with Gasteiger partial charge >= 0.3 is 7.60 Å². The van der Waals surface area contributed by atoms with Gasteiger partial charge in [0.25, 0.3) is 0 Å². The fraction of sp³-hybridized carbons (Fsp3) is 0.929. The lowest BCUT2D eigenvalue weighted by molar-refractivity contribution is -0.0562. The third-order valence-electron chi connectivity index (χ3n) is 10.6. The molecule has 4 heteroatoms. The van der Waals surface area contributed by atoms with Gasteiger partial charge < -0.3 is 9.42 Å². The largest absolute Gasteiger partial charge is 0.325 e. The lowest BCUT2D eigenvalue weighted by atomic mass is 9.47. The number of fused-ring (bicyclic) bond motifs is 5. The monoisotopic (exact) mass is 464 g/mol. The van der Waals surface area contributed by atoms with Gasteiger partial charge in [-0.05, 0) is 97.7 Å². The SMILES string of the molecule is CC(C)CCC[C@H](C)[C@@H]1CC[C@@H]2[C@H]3CC=C4CC(OP(C)(=O)O)CC[C@@]4(C)[C@@H]3CC[C@]21C. The summed E-state index contributed by atoms with van der Waals surface area (Å²) in [6.07, 6.45) is 16.4. The summed E-state index contributed by atoms with van der Waals surface area (Å²) < 4.78 is 17.4. The average Bonchev–Trinajstić information content (AvgIpc) is 3.04. The summed E-state index contributed by atoms with van der Waals surface area (Å²) in [4.78, 5) is 9.71. The van der Waals surface area contributed by atoms with Crippen molar-refractivity contribution in [3.63, 3.8) is 0 Å². The minimum absolute atomic E-state index is 0.0804. The molecule has 4 aliphatic rings. The lowest BCUT2D eigenvalue weighted by Gasteiger charge is -2.58. The van der Waals surface area contributed by atoms with Crippen LogP contribution in [0.5, 0.6) is 0 Å². The van der Waals surface area contributed by atoms with E-state index in [2.05, 4.69) is 40.7 Å². The van der Waals surface area contributed by atoms with E-state index in [1.807, 2.05) is 0 Å². The molecule has 0 saturated heterocycles. The standard InChI is InChI=1S/C28H49O3P/c1-19(2)8-7-9-20(3)24-12-13-25-23-11-10-21-18-22(31-32(6,29)30)14-16-27(21,4)26(23)15-17-28(24,25)5/h10,19-20,22-26H,7-9,11-18H2,1-6H3,(H,29,30)/t20-,22?,23+,24-,25+,26+,27+,28-/m0/s1. The first-order chi connectivity index (χ1) is 14.9. The summed E-state index contributed by atoms with van der Waals surface area (Å²) >= 11 is 0. The molecule has 9 atom stereocenters. The molecule has 0 aromatic rings. The highest BCUT2D eigenvalue weighted by Crippen LogP contribution is 2.67. The van der Waals surface area contributed by atoms with Crippen molar-refractivity contribution in [3.8, 4) is 0 Å². The zero-order chi connectivity index (χ0) is 23.3. The van der Waals surface area contributed by atoms with E-state index in [-0.39, 0.29) is 11.5 Å². The van der Waals surface area contributed by atoms with Crippen LogP contribution in [0.2, 0.25) is 0 Å². The Morgan fingerprint density at radius 2 is 1.84 bits per heavy atom. The summed E-state index contributed by atoms with van der Waals surface area (Å²) in [7, 11) is -3.41. The van der Waals surface area contributed by atoms with E-state index < -0.39 is 7.60 Å². The Labute approximate surface area is 197 Å². The Balaban J connectivity index is 1.46. The van der Waals surface area contributed by atoms with Crippen molar-refractivity contribution in [2.24, 2.45) is 46.3 Å². The van der Waals surface area contributed by atoms with E-state index in [4.69, 9.17) is 4.52 Å². The first kappa shape index (κ1) is 25.0. The maximum atomic E-state index is 11.8. The van der Waals surface area contributed by atoms with Gasteiger partial charge in [0.05, 0.1) is 6.10 Å². The van der Waals surface area contributed by atoms with Gasteiger partial charge in [0.2, 0.25) is 0 Å². The van der Waals surface area contributed by atoms with Crippen LogP contribution in [0.3, 0.4) is 0 Å². The summed E-state index contributed by atoms with van der Waals surface area (Å²) in [5.74, 6) is 5.11. The highest BCUT2D eigenvalue weighted by Gasteiger charge is 2.59. The van der Waals surface area contributed by atoms with E-state index in [1.165, 1.54) is 63.6 Å². The molecule has 0 spiro atoms. The molecule has 0 heterocycles. The van der Waals surface area contributed by atoms with Crippen LogP contribution in [0.4, 0.5) is 0 Å². The highest BCUT2D eigenvalue weighted by atomic mass is 31.2. The minimum atomic E-state index is -3.41. The van der Waals surface area contributed by atoms with Crippen LogP contribution >= 0.6 is 7.60 Å². The van der Waals surface area contributed by atoms with Gasteiger partial charge in [-0.15, -0.1) is 0 Å². The second kappa shape index (κ2) is 9.16. The molecule has 4 rings (SSSR count). The molecule has 4 aliphatic carbocycles. The predicted molar refractivity (Wildman–Crippen MR) is 134 cm³/mol. The van der Waals surface area contributed by atoms with Crippen LogP contribution in [-0.4, -0.2) is 17.7 Å². The highest BCUT2D eigenvalue weighted by molar-refractivity contribution is 7.51. The Kier molecular flexibility index (Phi) is 7.16. The Morgan fingerprint density at radius 1 is 1.09 bits per heavy atom. The van der Waals surface area contributed by atoms with E-state index in [9.17, 15) is 9.46 Å². The molecule has 0 amide bonds. The first-order valence-electron chi connectivity index (χ1n) is 13.6. The predicted octanol–water partition coefficient (Wildman–Crippen LogP) is 8.23. The third kappa shape index (κ3) is 4.70. The maximum Gasteiger partial charge on any atom is 0.325 e. The van der Waals surface area contributed by atoms with Crippen LogP contribution in [0.25, 0.3) is 0 Å². The van der Waals surface area contributed by atoms with Crippen LogP contribution < -0.4 is 0 Å². The van der Waals surface area contributed by atoms with Gasteiger partial charge in [-0.1, -0.05) is 65.5 Å². The Bertz CT molecular complexity index is 754. The van der Waals surface area contributed by atoms with Crippen molar-refractivity contribution in [2.45, 2.75) is 111 Å². The number of allylic oxidation sites excluding steroid dienone is 1. The number of hydrogen-bond donors (Lipinski definition) is 1.